The van der Waals surface area contributed by atoms with Gasteiger partial charge in [0, 0.05) is 16.2 Å². The molecule has 0 bridgehead atoms. The van der Waals surface area contributed by atoms with Gasteiger partial charge in [0.1, 0.15) is 11.3 Å². The molecule has 1 fully saturated rings. The van der Waals surface area contributed by atoms with E-state index in [0.717, 1.165) is 12.2 Å². The fourth-order valence-electron chi connectivity index (χ4n) is 2.14. The molecule has 0 amide bonds. The minimum atomic E-state index is -0.411. The number of nitrogens with one attached hydrogen (secondary N) is 1. The van der Waals surface area contributed by atoms with E-state index in [9.17, 15) is 5.26 Å². The zero-order valence-corrected chi connectivity index (χ0v) is 12.0. The Bertz CT molecular complexity index is 447. The van der Waals surface area contributed by atoms with Gasteiger partial charge >= 0.3 is 0 Å². The number of aryl methyl sites for hydroxylation is 1. The number of thioether (sulfide) groups is 1. The molecule has 1 heterocycles. The van der Waals surface area contributed by atoms with Crippen molar-refractivity contribution >= 4 is 11.8 Å². The van der Waals surface area contributed by atoms with Crippen LogP contribution in [-0.2, 0) is 0 Å². The molecule has 18 heavy (non-hydrogen) atoms. The van der Waals surface area contributed by atoms with Gasteiger partial charge in [-0.15, -0.1) is 11.8 Å². The molecule has 1 aliphatic carbocycles. The van der Waals surface area contributed by atoms with Gasteiger partial charge in [0.2, 0.25) is 0 Å². The Morgan fingerprint density at radius 1 is 1.67 bits per heavy atom. The Labute approximate surface area is 113 Å². The highest BCUT2D eigenvalue weighted by molar-refractivity contribution is 8.00. The molecular weight excluding hydrogens is 244 g/mol. The zero-order valence-electron chi connectivity index (χ0n) is 11.2. The standard InChI is InChI=1S/C14H20N2OS/c1-10(18-13-6-7-17-11(13)2)8-14(3,9-15)16-12-4-5-12/h6-7,10,12,16H,4-5,8H2,1-3H3. The first-order valence-corrected chi connectivity index (χ1v) is 7.30. The molecule has 2 rings (SSSR count). The molecule has 0 aliphatic heterocycles. The van der Waals surface area contributed by atoms with Gasteiger partial charge in [-0.3, -0.25) is 5.32 Å². The van der Waals surface area contributed by atoms with E-state index in [0.29, 0.717) is 11.3 Å². The van der Waals surface area contributed by atoms with E-state index in [1.807, 2.05) is 19.9 Å². The lowest BCUT2D eigenvalue weighted by Gasteiger charge is -2.26. The van der Waals surface area contributed by atoms with E-state index >= 15 is 0 Å². The molecule has 3 nitrogen and oxygen atoms in total. The smallest absolute Gasteiger partial charge is 0.114 e. The van der Waals surface area contributed by atoms with Crippen LogP contribution >= 0.6 is 11.8 Å². The van der Waals surface area contributed by atoms with Gasteiger partial charge in [0.05, 0.1) is 12.3 Å². The summed E-state index contributed by atoms with van der Waals surface area (Å²) in [6, 6.07) is 4.98. The molecule has 0 aromatic carbocycles. The van der Waals surface area contributed by atoms with Gasteiger partial charge in [-0.1, -0.05) is 6.92 Å². The SMILES string of the molecule is Cc1occc1SC(C)CC(C)(C#N)NC1CC1. The molecule has 1 aliphatic rings. The normalized spacial score (nSPS) is 20.1. The average Bonchev–Trinajstić information content (AvgIpc) is 3.02. The third-order valence-electron chi connectivity index (χ3n) is 3.18. The first-order valence-electron chi connectivity index (χ1n) is 6.42. The van der Waals surface area contributed by atoms with Crippen LogP contribution in [0, 0.1) is 18.3 Å². The molecule has 2 atom stereocenters. The van der Waals surface area contributed by atoms with Gasteiger partial charge in [0.15, 0.2) is 0 Å². The van der Waals surface area contributed by atoms with Crippen molar-refractivity contribution in [3.63, 3.8) is 0 Å². The van der Waals surface area contributed by atoms with Crippen molar-refractivity contribution in [2.75, 3.05) is 0 Å². The summed E-state index contributed by atoms with van der Waals surface area (Å²) in [5.41, 5.74) is -0.411. The lowest BCUT2D eigenvalue weighted by atomic mass is 9.98. The maximum Gasteiger partial charge on any atom is 0.114 e. The summed E-state index contributed by atoms with van der Waals surface area (Å²) >= 11 is 1.78. The Morgan fingerprint density at radius 2 is 2.39 bits per heavy atom. The molecular formula is C14H20N2OS. The molecule has 4 heteroatoms. The topological polar surface area (TPSA) is 49.0 Å². The number of rotatable bonds is 6. The van der Waals surface area contributed by atoms with Gasteiger partial charge < -0.3 is 4.42 Å². The summed E-state index contributed by atoms with van der Waals surface area (Å²) in [4.78, 5) is 1.18. The Hall–Kier alpha value is -0.920. The van der Waals surface area contributed by atoms with Crippen molar-refractivity contribution < 1.29 is 4.42 Å². The van der Waals surface area contributed by atoms with Crippen LogP contribution in [-0.4, -0.2) is 16.8 Å². The Kier molecular flexibility index (Phi) is 4.04. The van der Waals surface area contributed by atoms with Gasteiger partial charge in [-0.2, -0.15) is 5.26 Å². The number of furan rings is 1. The second-order valence-corrected chi connectivity index (χ2v) is 6.82. The maximum absolute atomic E-state index is 9.35. The van der Waals surface area contributed by atoms with Crippen molar-refractivity contribution in [3.05, 3.63) is 18.1 Å². The van der Waals surface area contributed by atoms with Crippen LogP contribution < -0.4 is 5.32 Å². The summed E-state index contributed by atoms with van der Waals surface area (Å²) in [6.07, 6.45) is 4.98. The second kappa shape index (κ2) is 5.38. The Morgan fingerprint density at radius 3 is 2.89 bits per heavy atom. The van der Waals surface area contributed by atoms with Crippen molar-refractivity contribution in [1.29, 1.82) is 5.26 Å². The molecule has 0 saturated heterocycles. The van der Waals surface area contributed by atoms with Crippen LogP contribution in [0.2, 0.25) is 0 Å². The van der Waals surface area contributed by atoms with Crippen LogP contribution in [0.25, 0.3) is 0 Å². The molecule has 1 aromatic rings. The highest BCUT2D eigenvalue weighted by Crippen LogP contribution is 2.32. The zero-order chi connectivity index (χ0) is 13.2. The monoisotopic (exact) mass is 264 g/mol. The summed E-state index contributed by atoms with van der Waals surface area (Å²) in [7, 11) is 0. The maximum atomic E-state index is 9.35. The van der Waals surface area contributed by atoms with Gasteiger partial charge in [0.25, 0.3) is 0 Å². The summed E-state index contributed by atoms with van der Waals surface area (Å²) in [6.45, 7) is 6.15. The number of hydrogen-bond acceptors (Lipinski definition) is 4. The number of hydrogen-bond donors (Lipinski definition) is 1. The van der Waals surface area contributed by atoms with E-state index in [1.165, 1.54) is 17.7 Å². The Balaban J connectivity index is 1.91. The highest BCUT2D eigenvalue weighted by Gasteiger charge is 2.33. The number of nitriles is 1. The van der Waals surface area contributed by atoms with E-state index < -0.39 is 5.54 Å². The molecule has 1 aromatic heterocycles. The van der Waals surface area contributed by atoms with Gasteiger partial charge in [-0.25, -0.2) is 0 Å². The van der Waals surface area contributed by atoms with Crippen LogP contribution in [0.4, 0.5) is 0 Å². The van der Waals surface area contributed by atoms with Crippen molar-refractivity contribution in [2.24, 2.45) is 0 Å². The molecule has 0 radical (unpaired) electrons. The predicted molar refractivity (Wildman–Crippen MR) is 73.6 cm³/mol. The molecule has 98 valence electrons. The first kappa shape index (κ1) is 13.5. The fourth-order valence-corrected chi connectivity index (χ4v) is 3.34. The van der Waals surface area contributed by atoms with Crippen molar-refractivity contribution in [2.45, 2.75) is 61.8 Å². The van der Waals surface area contributed by atoms with Gasteiger partial charge in [-0.05, 0) is 39.2 Å². The largest absolute Gasteiger partial charge is 0.468 e. The first-order chi connectivity index (χ1) is 8.52. The van der Waals surface area contributed by atoms with E-state index in [2.05, 4.69) is 18.3 Å². The minimum absolute atomic E-state index is 0.386. The molecule has 2 unspecified atom stereocenters. The molecule has 1 N–H and O–H groups in total. The van der Waals surface area contributed by atoms with Crippen LogP contribution in [0.15, 0.2) is 21.6 Å². The fraction of sp³-hybridized carbons (Fsp3) is 0.643. The van der Waals surface area contributed by atoms with E-state index in [1.54, 1.807) is 18.0 Å². The second-order valence-electron chi connectivity index (χ2n) is 5.34. The summed E-state index contributed by atoms with van der Waals surface area (Å²) < 4.78 is 5.29. The molecule has 1 saturated carbocycles. The van der Waals surface area contributed by atoms with Crippen LogP contribution in [0.3, 0.4) is 0 Å². The van der Waals surface area contributed by atoms with Crippen molar-refractivity contribution in [3.8, 4) is 6.07 Å². The summed E-state index contributed by atoms with van der Waals surface area (Å²) in [5, 5.41) is 13.2. The summed E-state index contributed by atoms with van der Waals surface area (Å²) in [5.74, 6) is 0.959. The molecule has 0 spiro atoms. The third-order valence-corrected chi connectivity index (χ3v) is 4.43. The quantitative estimate of drug-likeness (QED) is 0.799. The minimum Gasteiger partial charge on any atom is -0.468 e. The van der Waals surface area contributed by atoms with Crippen molar-refractivity contribution in [1.82, 2.24) is 5.32 Å². The third kappa shape index (κ3) is 3.54. The predicted octanol–water partition coefficient (Wildman–Crippen LogP) is 3.49. The average molecular weight is 264 g/mol. The number of nitrogens with zero attached hydrogens (tertiary/aromatic N) is 1. The van der Waals surface area contributed by atoms with Crippen LogP contribution in [0.1, 0.15) is 38.9 Å². The van der Waals surface area contributed by atoms with Crippen LogP contribution in [0.5, 0.6) is 0 Å². The lowest BCUT2D eigenvalue weighted by molar-refractivity contribution is 0.414. The van der Waals surface area contributed by atoms with E-state index in [-0.39, 0.29) is 0 Å². The highest BCUT2D eigenvalue weighted by atomic mass is 32.2. The van der Waals surface area contributed by atoms with E-state index in [4.69, 9.17) is 4.42 Å². The lowest BCUT2D eigenvalue weighted by Crippen LogP contribution is -2.44.